The molecule has 1 aliphatic heterocycles. The summed E-state index contributed by atoms with van der Waals surface area (Å²) in [6, 6.07) is 50.5. The van der Waals surface area contributed by atoms with E-state index < -0.39 is 5.89 Å². The maximum atomic E-state index is 13.9. The van der Waals surface area contributed by atoms with Crippen LogP contribution in [0.5, 0.6) is 11.5 Å². The van der Waals surface area contributed by atoms with Gasteiger partial charge in [0, 0.05) is 68.3 Å². The summed E-state index contributed by atoms with van der Waals surface area (Å²) in [6.45, 7) is 12.4. The van der Waals surface area contributed by atoms with E-state index >= 15 is 0 Å². The van der Waals surface area contributed by atoms with Crippen LogP contribution in [0.4, 0.5) is 27.1 Å². The van der Waals surface area contributed by atoms with Gasteiger partial charge in [0.1, 0.15) is 11.6 Å². The molecule has 0 bridgehead atoms. The van der Waals surface area contributed by atoms with Crippen LogP contribution in [-0.4, -0.2) is 9.55 Å². The summed E-state index contributed by atoms with van der Waals surface area (Å²) >= 11 is 0. The Balaban J connectivity index is 0.00000455. The third kappa shape index (κ3) is 6.77. The minimum absolute atomic E-state index is 0. The number of pyridine rings is 1. The van der Waals surface area contributed by atoms with Crippen LogP contribution in [0.15, 0.2) is 140 Å². The molecule has 5 nitrogen and oxygen atoms in total. The van der Waals surface area contributed by atoms with Crippen molar-refractivity contribution < 1.29 is 31.6 Å². The molecule has 0 radical (unpaired) electrons. The third-order valence-corrected chi connectivity index (χ3v) is 10.2. The molecule has 7 heteroatoms. The topological polar surface area (TPSA) is 33.5 Å². The maximum absolute atomic E-state index is 13.9. The van der Waals surface area contributed by atoms with Crippen molar-refractivity contribution in [2.75, 3.05) is 9.80 Å². The van der Waals surface area contributed by atoms with E-state index in [1.54, 1.807) is 12.1 Å². The average Bonchev–Trinajstić information content (AvgIpc) is 3.74. The number of hydrogen-bond acceptors (Lipinski definition) is 4. The molecule has 8 aromatic rings. The number of nitrogens with zero attached hydrogens (tertiary/aromatic N) is 4. The number of halogens is 1. The molecule has 56 heavy (non-hydrogen) atoms. The molecule has 0 saturated carbocycles. The Kier molecular flexibility index (Phi) is 9.47. The normalized spacial score (nSPS) is 13.1. The molecule has 3 heterocycles. The summed E-state index contributed by atoms with van der Waals surface area (Å²) in [4.78, 5) is 9.05. The number of anilines is 4. The summed E-state index contributed by atoms with van der Waals surface area (Å²) in [7, 11) is 0. The van der Waals surface area contributed by atoms with Gasteiger partial charge >= 0.3 is 0 Å². The van der Waals surface area contributed by atoms with Crippen LogP contribution in [-0.2, 0) is 26.5 Å². The van der Waals surface area contributed by atoms with Crippen LogP contribution < -0.4 is 14.5 Å². The van der Waals surface area contributed by atoms with Gasteiger partial charge in [-0.15, -0.1) is 53.6 Å². The molecule has 0 atom stereocenters. The molecule has 2 aromatic heterocycles. The summed E-state index contributed by atoms with van der Waals surface area (Å²) in [5.74, 6) is 0.609. The number of aromatic nitrogens is 2. The summed E-state index contributed by atoms with van der Waals surface area (Å²) in [5, 5.41) is 2.15. The minimum atomic E-state index is -0.931. The number of fused-ring (bicyclic) bond motifs is 4. The molecule has 6 aromatic carbocycles. The van der Waals surface area contributed by atoms with Gasteiger partial charge in [0.15, 0.2) is 0 Å². The van der Waals surface area contributed by atoms with E-state index in [1.165, 1.54) is 17.7 Å². The van der Waals surface area contributed by atoms with Gasteiger partial charge in [-0.1, -0.05) is 101 Å². The number of para-hydroxylation sites is 4. The van der Waals surface area contributed by atoms with Crippen molar-refractivity contribution >= 4 is 44.6 Å². The molecule has 0 saturated heterocycles. The van der Waals surface area contributed by atoms with E-state index in [-0.39, 0.29) is 32.3 Å². The van der Waals surface area contributed by atoms with Gasteiger partial charge in [-0.25, -0.2) is 9.37 Å². The molecule has 1 aliphatic rings. The number of hydrogen-bond donors (Lipinski definition) is 0. The molecule has 0 amide bonds. The van der Waals surface area contributed by atoms with Gasteiger partial charge in [-0.2, -0.15) is 6.07 Å². The van der Waals surface area contributed by atoms with Crippen molar-refractivity contribution in [2.24, 2.45) is 0 Å². The zero-order valence-corrected chi connectivity index (χ0v) is 34.0. The van der Waals surface area contributed by atoms with Crippen LogP contribution >= 0.6 is 0 Å². The zero-order chi connectivity index (χ0) is 38.8. The van der Waals surface area contributed by atoms with Crippen LogP contribution in [0.3, 0.4) is 0 Å². The van der Waals surface area contributed by atoms with E-state index in [4.69, 9.17) is 11.1 Å². The maximum Gasteiger partial charge on any atom is 0.135 e. The molecule has 0 N–H and O–H groups in total. The van der Waals surface area contributed by atoms with Gasteiger partial charge in [0.2, 0.25) is 0 Å². The average molecular weight is 916 g/mol. The first-order chi connectivity index (χ1) is 26.9. The molecular weight excluding hydrogens is 875 g/mol. The van der Waals surface area contributed by atoms with Crippen LogP contribution in [0.1, 0.15) is 53.0 Å². The van der Waals surface area contributed by atoms with E-state index in [9.17, 15) is 4.39 Å². The summed E-state index contributed by atoms with van der Waals surface area (Å²) in [5.41, 5.74) is 9.30. The Bertz CT molecular complexity index is 2770. The Morgan fingerprint density at radius 1 is 0.732 bits per heavy atom. The minimum Gasteiger partial charge on any atom is -0.509 e. The molecular formula is C49H40FN4OPt-3. The van der Waals surface area contributed by atoms with E-state index in [1.807, 2.05) is 81.3 Å². The van der Waals surface area contributed by atoms with Gasteiger partial charge in [-0.05, 0) is 76.4 Å². The van der Waals surface area contributed by atoms with E-state index in [2.05, 4.69) is 102 Å². The van der Waals surface area contributed by atoms with Crippen molar-refractivity contribution in [3.05, 3.63) is 175 Å². The Hall–Kier alpha value is -5.71. The second kappa shape index (κ2) is 14.7. The van der Waals surface area contributed by atoms with Crippen molar-refractivity contribution in [3.63, 3.8) is 0 Å². The first-order valence-corrected chi connectivity index (χ1v) is 18.5. The fourth-order valence-electron chi connectivity index (χ4n) is 7.35. The predicted molar refractivity (Wildman–Crippen MR) is 222 cm³/mol. The van der Waals surface area contributed by atoms with Crippen LogP contribution in [0, 0.1) is 24.6 Å². The zero-order valence-electron chi connectivity index (χ0n) is 32.7. The van der Waals surface area contributed by atoms with Gasteiger partial charge in [-0.3, -0.25) is 0 Å². The molecule has 9 rings (SSSR count). The third-order valence-electron chi connectivity index (χ3n) is 10.2. The quantitative estimate of drug-likeness (QED) is 0.149. The van der Waals surface area contributed by atoms with Crippen LogP contribution in [0.25, 0.3) is 38.8 Å². The van der Waals surface area contributed by atoms with Crippen molar-refractivity contribution in [3.8, 4) is 28.4 Å². The SMILES string of the molecule is [2H]C(C)(C)c1cc(Oc2[c-]c3c(cc2)c2ccccc2n3-c2cc(C(C)(C)C)ccn2)[c-]c(N2[CH-]N(c3ccccc3-c3ccc(F)cc3)c3ccccc32)c1.[Pt]. The fraction of sp³-hybridized carbons (Fsp3) is 0.143. The summed E-state index contributed by atoms with van der Waals surface area (Å²) < 4.78 is 31.8. The molecule has 0 aliphatic carbocycles. The van der Waals surface area contributed by atoms with Crippen molar-refractivity contribution in [2.45, 2.75) is 45.9 Å². The van der Waals surface area contributed by atoms with Crippen molar-refractivity contribution in [1.29, 1.82) is 0 Å². The van der Waals surface area contributed by atoms with Gasteiger partial charge in [0.05, 0.1) is 0 Å². The van der Waals surface area contributed by atoms with Gasteiger partial charge in [0.25, 0.3) is 0 Å². The monoisotopic (exact) mass is 915 g/mol. The first-order valence-electron chi connectivity index (χ1n) is 19.0. The Labute approximate surface area is 343 Å². The predicted octanol–water partition coefficient (Wildman–Crippen LogP) is 13.2. The Morgan fingerprint density at radius 2 is 1.43 bits per heavy atom. The van der Waals surface area contributed by atoms with Crippen molar-refractivity contribution in [1.82, 2.24) is 9.55 Å². The largest absolute Gasteiger partial charge is 0.509 e. The fourth-order valence-corrected chi connectivity index (χ4v) is 7.35. The number of ether oxygens (including phenoxy) is 1. The van der Waals surface area contributed by atoms with E-state index in [0.717, 1.165) is 67.1 Å². The standard InChI is InChI=1S/C49H40FN4O.Pt/c1-32(2)34-26-37(52-31-53(46-17-11-10-16-45(46)52)43-14-8-6-12-40(43)33-18-20-36(50)21-19-33)29-39(27-34)55-38-22-23-42-41-13-7-9-15-44(41)54(47(42)30-38)48-28-35(24-25-51-48)49(3,4)5;/h6-28,31-32H,1-5H3;/q-3;/i32D;. The van der Waals surface area contributed by atoms with Gasteiger partial charge < -0.3 is 19.1 Å². The number of rotatable bonds is 7. The Morgan fingerprint density at radius 3 is 2.18 bits per heavy atom. The van der Waals surface area contributed by atoms with E-state index in [0.29, 0.717) is 11.5 Å². The smallest absolute Gasteiger partial charge is 0.135 e. The second-order valence-electron chi connectivity index (χ2n) is 15.2. The molecule has 282 valence electrons. The first kappa shape index (κ1) is 36.0. The molecule has 0 spiro atoms. The van der Waals surface area contributed by atoms with Crippen LogP contribution in [0.2, 0.25) is 0 Å². The molecule has 0 fully saturated rings. The number of benzene rings is 6. The molecule has 0 unspecified atom stereocenters. The second-order valence-corrected chi connectivity index (χ2v) is 15.2. The summed E-state index contributed by atoms with van der Waals surface area (Å²) in [6.07, 6.45) is 1.87.